The molecule has 0 aliphatic carbocycles. The summed E-state index contributed by atoms with van der Waals surface area (Å²) >= 11 is 0. The van der Waals surface area contributed by atoms with Gasteiger partial charge in [0.15, 0.2) is 11.6 Å². The number of hydrogen-bond acceptors (Lipinski definition) is 6. The molecule has 2 saturated heterocycles. The molecule has 45 heavy (non-hydrogen) atoms. The number of likely N-dealkylation sites (tertiary alicyclic amines) is 2. The van der Waals surface area contributed by atoms with Crippen molar-refractivity contribution >= 4 is 33.9 Å². The highest BCUT2D eigenvalue weighted by molar-refractivity contribution is 5.94. The number of carbonyl (C=O) groups is 2. The van der Waals surface area contributed by atoms with E-state index >= 15 is 0 Å². The summed E-state index contributed by atoms with van der Waals surface area (Å²) < 4.78 is 0. The number of amides is 2. The lowest BCUT2D eigenvalue weighted by Crippen LogP contribution is -2.52. The van der Waals surface area contributed by atoms with Crippen LogP contribution in [0, 0.1) is 5.41 Å². The number of carbonyl (C=O) groups excluding carboxylic acids is 2. The van der Waals surface area contributed by atoms with E-state index in [4.69, 9.17) is 4.98 Å². The Bertz CT molecular complexity index is 1990. The van der Waals surface area contributed by atoms with Crippen LogP contribution < -0.4 is 0 Å². The standard InChI is InChI=1S/C35H32N8O2/c44-33(29-14-5-12-27(36-29)31-38-23-8-1-2-9-24(23)39-31)42-20-17-35(18-21-42)16-7-19-43(22-35)34(45)30-15-6-13-28(37-30)32-40-25-10-3-4-11-26(25)41-32/h1-6,8-15H,7,16-22H2,(H,38,39)(H,40,41). The van der Waals surface area contributed by atoms with Crippen LogP contribution in [0.15, 0.2) is 84.9 Å². The van der Waals surface area contributed by atoms with Crippen molar-refractivity contribution in [2.45, 2.75) is 25.7 Å². The van der Waals surface area contributed by atoms with Gasteiger partial charge in [-0.25, -0.2) is 19.9 Å². The first kappa shape index (κ1) is 27.2. The van der Waals surface area contributed by atoms with Crippen LogP contribution in [-0.4, -0.2) is 77.7 Å². The lowest BCUT2D eigenvalue weighted by molar-refractivity contribution is 0.0197. The van der Waals surface area contributed by atoms with Crippen LogP contribution >= 0.6 is 0 Å². The summed E-state index contributed by atoms with van der Waals surface area (Å²) in [5, 5.41) is 0. The number of H-pyrrole nitrogens is 2. The Morgan fingerprint density at radius 3 is 1.67 bits per heavy atom. The van der Waals surface area contributed by atoms with Gasteiger partial charge in [-0.2, -0.15) is 0 Å². The van der Waals surface area contributed by atoms with E-state index in [1.165, 1.54) is 0 Å². The fraction of sp³-hybridized carbons (Fsp3) is 0.257. The molecule has 10 nitrogen and oxygen atoms in total. The minimum atomic E-state index is -0.0712. The van der Waals surface area contributed by atoms with Gasteiger partial charge in [-0.15, -0.1) is 0 Å². The summed E-state index contributed by atoms with van der Waals surface area (Å²) in [6.45, 7) is 2.65. The monoisotopic (exact) mass is 596 g/mol. The predicted molar refractivity (Wildman–Crippen MR) is 171 cm³/mol. The van der Waals surface area contributed by atoms with Crippen molar-refractivity contribution < 1.29 is 9.59 Å². The van der Waals surface area contributed by atoms with E-state index in [0.717, 1.165) is 47.8 Å². The quantitative estimate of drug-likeness (QED) is 0.268. The minimum Gasteiger partial charge on any atom is -0.337 e. The number of pyridine rings is 2. The predicted octanol–water partition coefficient (Wildman–Crippen LogP) is 5.72. The molecule has 1 spiro atoms. The Kier molecular flexibility index (Phi) is 6.62. The number of nitrogens with one attached hydrogen (secondary N) is 2. The highest BCUT2D eigenvalue weighted by atomic mass is 16.2. The Hall–Kier alpha value is -5.38. The molecule has 6 heterocycles. The second-order valence-corrected chi connectivity index (χ2v) is 12.1. The number of aromatic nitrogens is 6. The highest BCUT2D eigenvalue weighted by Crippen LogP contribution is 2.40. The van der Waals surface area contributed by atoms with Crippen molar-refractivity contribution in [3.8, 4) is 23.0 Å². The summed E-state index contributed by atoms with van der Waals surface area (Å²) in [6.07, 6.45) is 3.67. The second kappa shape index (κ2) is 11.0. The van der Waals surface area contributed by atoms with Crippen LogP contribution in [-0.2, 0) is 0 Å². The number of para-hydroxylation sites is 4. The van der Waals surface area contributed by atoms with Gasteiger partial charge in [-0.1, -0.05) is 36.4 Å². The van der Waals surface area contributed by atoms with Crippen molar-refractivity contribution in [1.82, 2.24) is 39.7 Å². The molecule has 0 atom stereocenters. The van der Waals surface area contributed by atoms with Crippen LogP contribution in [0.4, 0.5) is 0 Å². The maximum absolute atomic E-state index is 13.7. The molecular weight excluding hydrogens is 564 g/mol. The van der Waals surface area contributed by atoms with Crippen molar-refractivity contribution in [2.24, 2.45) is 5.41 Å². The molecule has 2 aromatic carbocycles. The first-order valence-electron chi connectivity index (χ1n) is 15.5. The lowest BCUT2D eigenvalue weighted by Gasteiger charge is -2.47. The Balaban J connectivity index is 0.940. The van der Waals surface area contributed by atoms with Crippen molar-refractivity contribution in [1.29, 1.82) is 0 Å². The van der Waals surface area contributed by atoms with Crippen LogP contribution in [0.25, 0.3) is 45.1 Å². The summed E-state index contributed by atoms with van der Waals surface area (Å²) in [6, 6.07) is 26.7. The third kappa shape index (κ3) is 5.12. The van der Waals surface area contributed by atoms with Gasteiger partial charge < -0.3 is 19.8 Å². The molecule has 224 valence electrons. The number of imidazole rings is 2. The number of aromatic amines is 2. The van der Waals surface area contributed by atoms with Gasteiger partial charge in [0.1, 0.15) is 22.8 Å². The van der Waals surface area contributed by atoms with Gasteiger partial charge in [-0.3, -0.25) is 9.59 Å². The maximum Gasteiger partial charge on any atom is 0.272 e. The summed E-state index contributed by atoms with van der Waals surface area (Å²) in [5.74, 6) is 1.17. The van der Waals surface area contributed by atoms with Crippen LogP contribution in [0.3, 0.4) is 0 Å². The normalized spacial score (nSPS) is 16.4. The summed E-state index contributed by atoms with van der Waals surface area (Å²) in [4.78, 5) is 56.4. The molecule has 0 radical (unpaired) electrons. The molecule has 10 heteroatoms. The molecule has 4 aromatic heterocycles. The van der Waals surface area contributed by atoms with Crippen LogP contribution in [0.5, 0.6) is 0 Å². The van der Waals surface area contributed by atoms with Gasteiger partial charge in [-0.05, 0) is 79.6 Å². The highest BCUT2D eigenvalue weighted by Gasteiger charge is 2.41. The second-order valence-electron chi connectivity index (χ2n) is 12.1. The minimum absolute atomic E-state index is 0.00934. The number of nitrogens with zero attached hydrogens (tertiary/aromatic N) is 6. The first-order valence-corrected chi connectivity index (χ1v) is 15.5. The molecule has 0 unspecified atom stereocenters. The van der Waals surface area contributed by atoms with E-state index in [0.29, 0.717) is 60.6 Å². The molecule has 2 amide bonds. The van der Waals surface area contributed by atoms with E-state index in [1.54, 1.807) is 12.1 Å². The molecule has 8 rings (SSSR count). The zero-order chi connectivity index (χ0) is 30.4. The molecule has 2 aliphatic rings. The number of hydrogen-bond donors (Lipinski definition) is 2. The molecular formula is C35H32N8O2. The van der Waals surface area contributed by atoms with Gasteiger partial charge in [0.05, 0.1) is 22.1 Å². The van der Waals surface area contributed by atoms with E-state index < -0.39 is 0 Å². The first-order chi connectivity index (χ1) is 22.0. The molecule has 0 bridgehead atoms. The molecule has 2 fully saturated rings. The number of benzene rings is 2. The zero-order valence-corrected chi connectivity index (χ0v) is 24.7. The maximum atomic E-state index is 13.7. The zero-order valence-electron chi connectivity index (χ0n) is 24.7. The Morgan fingerprint density at radius 2 is 1.11 bits per heavy atom. The third-order valence-corrected chi connectivity index (χ3v) is 9.26. The average Bonchev–Trinajstić information content (AvgIpc) is 3.73. The third-order valence-electron chi connectivity index (χ3n) is 9.26. The molecule has 2 N–H and O–H groups in total. The van der Waals surface area contributed by atoms with Crippen molar-refractivity contribution in [2.75, 3.05) is 26.2 Å². The topological polar surface area (TPSA) is 124 Å². The van der Waals surface area contributed by atoms with Gasteiger partial charge in [0.25, 0.3) is 11.8 Å². The fourth-order valence-electron chi connectivity index (χ4n) is 6.82. The summed E-state index contributed by atoms with van der Waals surface area (Å²) in [5.41, 5.74) is 5.72. The van der Waals surface area contributed by atoms with Gasteiger partial charge in [0, 0.05) is 26.2 Å². The van der Waals surface area contributed by atoms with E-state index in [9.17, 15) is 9.59 Å². The largest absolute Gasteiger partial charge is 0.337 e. The van der Waals surface area contributed by atoms with Crippen LogP contribution in [0.1, 0.15) is 46.7 Å². The summed E-state index contributed by atoms with van der Waals surface area (Å²) in [7, 11) is 0. The Morgan fingerprint density at radius 1 is 0.578 bits per heavy atom. The van der Waals surface area contributed by atoms with E-state index in [1.807, 2.05) is 82.6 Å². The smallest absolute Gasteiger partial charge is 0.272 e. The number of rotatable bonds is 4. The van der Waals surface area contributed by atoms with Gasteiger partial charge in [0.2, 0.25) is 0 Å². The van der Waals surface area contributed by atoms with Crippen molar-refractivity contribution in [3.63, 3.8) is 0 Å². The molecule has 2 aliphatic heterocycles. The van der Waals surface area contributed by atoms with Crippen LogP contribution in [0.2, 0.25) is 0 Å². The number of fused-ring (bicyclic) bond motifs is 2. The lowest BCUT2D eigenvalue weighted by atomic mass is 9.72. The Labute approximate surface area is 259 Å². The van der Waals surface area contributed by atoms with E-state index in [-0.39, 0.29) is 17.2 Å². The SMILES string of the molecule is O=C(c1cccc(-c2nc3ccccc3[nH]2)n1)N1CCC2(CCCN(C(=O)c3cccc(-c4nc5ccccc5[nH]4)n3)C2)CC1. The van der Waals surface area contributed by atoms with Gasteiger partial charge >= 0.3 is 0 Å². The molecule has 0 saturated carbocycles. The average molecular weight is 597 g/mol. The van der Waals surface area contributed by atoms with Crippen molar-refractivity contribution in [3.05, 3.63) is 96.3 Å². The fourth-order valence-corrected chi connectivity index (χ4v) is 6.82. The van der Waals surface area contributed by atoms with E-state index in [2.05, 4.69) is 24.9 Å². The number of piperidine rings is 2. The molecule has 6 aromatic rings.